The van der Waals surface area contributed by atoms with Crippen molar-refractivity contribution in [2.24, 2.45) is 0 Å². The van der Waals surface area contributed by atoms with Crippen LogP contribution in [0.5, 0.6) is 0 Å². The van der Waals surface area contributed by atoms with Gasteiger partial charge in [0.1, 0.15) is 0 Å². The van der Waals surface area contributed by atoms with Crippen LogP contribution in [-0.4, -0.2) is 44.4 Å². The normalized spacial score (nSPS) is 12.1. The molecule has 11 heteroatoms. The molecule has 0 fully saturated rings. The van der Waals surface area contributed by atoms with Gasteiger partial charge in [-0.05, 0) is 50.2 Å². The molecule has 2 aromatic carbocycles. The molecule has 158 valence electrons. The van der Waals surface area contributed by atoms with E-state index in [1.165, 1.54) is 42.5 Å². The molecule has 0 atom stereocenters. The molecule has 0 saturated carbocycles. The number of sulfone groups is 2. The first kappa shape index (κ1) is 21.7. The summed E-state index contributed by atoms with van der Waals surface area (Å²) in [6.07, 6.45) is 1.08. The summed E-state index contributed by atoms with van der Waals surface area (Å²) >= 11 is 0. The molecule has 0 aliphatic carbocycles. The lowest BCUT2D eigenvalue weighted by molar-refractivity contribution is 0.102. The van der Waals surface area contributed by atoms with Crippen molar-refractivity contribution in [3.63, 3.8) is 0 Å². The topological polar surface area (TPSA) is 136 Å². The zero-order valence-corrected chi connectivity index (χ0v) is 18.0. The molecule has 0 bridgehead atoms. The summed E-state index contributed by atoms with van der Waals surface area (Å²) in [4.78, 5) is 12.6. The lowest BCUT2D eigenvalue weighted by Crippen LogP contribution is -2.16. The van der Waals surface area contributed by atoms with E-state index in [4.69, 9.17) is 4.42 Å². The largest absolute Gasteiger partial charge is 0.403 e. The minimum Gasteiger partial charge on any atom is -0.403 e. The number of amides is 1. The van der Waals surface area contributed by atoms with Gasteiger partial charge in [0.2, 0.25) is 5.89 Å². The van der Waals surface area contributed by atoms with Gasteiger partial charge in [0.15, 0.2) is 19.7 Å². The van der Waals surface area contributed by atoms with Gasteiger partial charge in [-0.15, -0.1) is 5.10 Å². The van der Waals surface area contributed by atoms with Crippen molar-refractivity contribution in [1.29, 1.82) is 0 Å². The standard InChI is InChI=1S/C19H19N3O6S2/c1-12(2)30(26,27)16-9-4-6-13(10-16)17(23)20-19-22-21-18(28-19)14-7-5-8-15(11-14)29(3,24)25/h4-12H,1-3H3,(H,20,22,23). The lowest BCUT2D eigenvalue weighted by Gasteiger charge is -2.09. The summed E-state index contributed by atoms with van der Waals surface area (Å²) in [5.41, 5.74) is 0.478. The molecule has 3 rings (SSSR count). The lowest BCUT2D eigenvalue weighted by atomic mass is 10.2. The molecule has 3 aromatic rings. The number of nitrogens with one attached hydrogen (secondary N) is 1. The fourth-order valence-electron chi connectivity index (χ4n) is 2.51. The Labute approximate surface area is 174 Å². The van der Waals surface area contributed by atoms with Gasteiger partial charge in [-0.1, -0.05) is 17.2 Å². The fourth-order valence-corrected chi connectivity index (χ4v) is 4.28. The molecule has 30 heavy (non-hydrogen) atoms. The summed E-state index contributed by atoms with van der Waals surface area (Å²) in [6, 6.07) is 11.4. The van der Waals surface area contributed by atoms with Crippen LogP contribution in [0.25, 0.3) is 11.5 Å². The van der Waals surface area contributed by atoms with Crippen molar-refractivity contribution >= 4 is 31.6 Å². The van der Waals surface area contributed by atoms with E-state index in [1.807, 2.05) is 0 Å². The van der Waals surface area contributed by atoms with E-state index < -0.39 is 30.8 Å². The molecule has 0 spiro atoms. The zero-order valence-electron chi connectivity index (χ0n) is 16.4. The van der Waals surface area contributed by atoms with E-state index in [9.17, 15) is 21.6 Å². The number of rotatable bonds is 6. The minimum atomic E-state index is -3.53. The van der Waals surface area contributed by atoms with Crippen molar-refractivity contribution in [1.82, 2.24) is 10.2 Å². The van der Waals surface area contributed by atoms with E-state index in [0.29, 0.717) is 5.56 Å². The van der Waals surface area contributed by atoms with Crippen LogP contribution in [0.4, 0.5) is 6.01 Å². The third-order valence-electron chi connectivity index (χ3n) is 4.20. The predicted octanol–water partition coefficient (Wildman–Crippen LogP) is 2.57. The second kappa shape index (κ2) is 8.00. The highest BCUT2D eigenvalue weighted by molar-refractivity contribution is 7.92. The quantitative estimate of drug-likeness (QED) is 0.606. The van der Waals surface area contributed by atoms with E-state index in [2.05, 4.69) is 15.5 Å². The maximum absolute atomic E-state index is 12.5. The SMILES string of the molecule is CC(C)S(=O)(=O)c1cccc(C(=O)Nc2nnc(-c3cccc(S(C)(=O)=O)c3)o2)c1. The maximum atomic E-state index is 12.5. The third kappa shape index (κ3) is 4.57. The summed E-state index contributed by atoms with van der Waals surface area (Å²) in [5, 5.41) is 9.33. The van der Waals surface area contributed by atoms with Gasteiger partial charge in [0, 0.05) is 17.4 Å². The van der Waals surface area contributed by atoms with Crippen LogP contribution in [0.1, 0.15) is 24.2 Å². The maximum Gasteiger partial charge on any atom is 0.322 e. The summed E-state index contributed by atoms with van der Waals surface area (Å²) in [7, 11) is -6.95. The van der Waals surface area contributed by atoms with Crippen LogP contribution >= 0.6 is 0 Å². The van der Waals surface area contributed by atoms with E-state index in [0.717, 1.165) is 6.26 Å². The number of aromatic nitrogens is 2. The predicted molar refractivity (Wildman–Crippen MR) is 110 cm³/mol. The van der Waals surface area contributed by atoms with Gasteiger partial charge in [0.05, 0.1) is 15.0 Å². The van der Waals surface area contributed by atoms with Gasteiger partial charge in [-0.3, -0.25) is 10.1 Å². The molecule has 1 aromatic heterocycles. The Morgan fingerprint density at radius 2 is 1.63 bits per heavy atom. The molecular weight excluding hydrogens is 430 g/mol. The Morgan fingerprint density at radius 3 is 2.30 bits per heavy atom. The highest BCUT2D eigenvalue weighted by Gasteiger charge is 2.21. The van der Waals surface area contributed by atoms with Crippen LogP contribution in [0.2, 0.25) is 0 Å². The molecule has 0 radical (unpaired) electrons. The molecule has 1 N–H and O–H groups in total. The summed E-state index contributed by atoms with van der Waals surface area (Å²) in [5.74, 6) is -0.608. The van der Waals surface area contributed by atoms with Crippen LogP contribution in [0.3, 0.4) is 0 Å². The first-order valence-electron chi connectivity index (χ1n) is 8.78. The van der Waals surface area contributed by atoms with Crippen LogP contribution in [0, 0.1) is 0 Å². The smallest absolute Gasteiger partial charge is 0.322 e. The summed E-state index contributed by atoms with van der Waals surface area (Å²) in [6.45, 7) is 3.11. The Bertz CT molecular complexity index is 1310. The van der Waals surface area contributed by atoms with Gasteiger partial charge < -0.3 is 4.42 Å². The molecule has 1 amide bonds. The Hall–Kier alpha value is -3.05. The highest BCUT2D eigenvalue weighted by atomic mass is 32.2. The Balaban J connectivity index is 1.83. The van der Waals surface area contributed by atoms with Gasteiger partial charge in [0.25, 0.3) is 5.91 Å². The molecule has 0 aliphatic heterocycles. The molecule has 9 nitrogen and oxygen atoms in total. The number of benzene rings is 2. The fraction of sp³-hybridized carbons (Fsp3) is 0.211. The van der Waals surface area contributed by atoms with Crippen LogP contribution < -0.4 is 5.32 Å². The van der Waals surface area contributed by atoms with Gasteiger partial charge in [-0.2, -0.15) is 0 Å². The zero-order chi connectivity index (χ0) is 22.1. The Morgan fingerprint density at radius 1 is 0.967 bits per heavy atom. The van der Waals surface area contributed by atoms with Crippen LogP contribution in [0.15, 0.2) is 62.7 Å². The number of anilines is 1. The molecule has 1 heterocycles. The molecule has 0 aliphatic rings. The number of hydrogen-bond donors (Lipinski definition) is 1. The van der Waals surface area contributed by atoms with Crippen molar-refractivity contribution in [3.05, 3.63) is 54.1 Å². The Kier molecular flexibility index (Phi) is 5.77. The van der Waals surface area contributed by atoms with Gasteiger partial charge >= 0.3 is 6.01 Å². The molecule has 0 saturated heterocycles. The molecule has 0 unspecified atom stereocenters. The van der Waals surface area contributed by atoms with E-state index >= 15 is 0 Å². The van der Waals surface area contributed by atoms with E-state index in [1.54, 1.807) is 19.9 Å². The number of nitrogens with zero attached hydrogens (tertiary/aromatic N) is 2. The van der Waals surface area contributed by atoms with Crippen molar-refractivity contribution < 1.29 is 26.0 Å². The second-order valence-electron chi connectivity index (χ2n) is 6.79. The average Bonchev–Trinajstić information content (AvgIpc) is 3.16. The first-order chi connectivity index (χ1) is 14.0. The third-order valence-corrected chi connectivity index (χ3v) is 7.46. The number of carbonyl (C=O) groups excluding carboxylic acids is 1. The number of carbonyl (C=O) groups is 1. The second-order valence-corrected chi connectivity index (χ2v) is 11.3. The van der Waals surface area contributed by atoms with Crippen molar-refractivity contribution in [2.45, 2.75) is 28.9 Å². The van der Waals surface area contributed by atoms with Gasteiger partial charge in [-0.25, -0.2) is 16.8 Å². The van der Waals surface area contributed by atoms with Crippen molar-refractivity contribution in [2.75, 3.05) is 11.6 Å². The highest BCUT2D eigenvalue weighted by Crippen LogP contribution is 2.23. The monoisotopic (exact) mass is 449 g/mol. The summed E-state index contributed by atoms with van der Waals surface area (Å²) < 4.78 is 53.4. The van der Waals surface area contributed by atoms with Crippen LogP contribution in [-0.2, 0) is 19.7 Å². The first-order valence-corrected chi connectivity index (χ1v) is 12.2. The van der Waals surface area contributed by atoms with Crippen molar-refractivity contribution in [3.8, 4) is 11.5 Å². The van der Waals surface area contributed by atoms with E-state index in [-0.39, 0.29) is 27.3 Å². The minimum absolute atomic E-state index is 0.0203. The molecular formula is C19H19N3O6S2. The number of hydrogen-bond acceptors (Lipinski definition) is 8. The average molecular weight is 450 g/mol.